The molecule has 0 aliphatic heterocycles. The summed E-state index contributed by atoms with van der Waals surface area (Å²) in [6.45, 7) is 0. The number of rotatable bonds is 4. The van der Waals surface area contributed by atoms with E-state index in [4.69, 9.17) is 11.6 Å². The molecule has 2 aromatic carbocycles. The summed E-state index contributed by atoms with van der Waals surface area (Å²) >= 11 is 5.99. The fourth-order valence-electron chi connectivity index (χ4n) is 2.02. The lowest BCUT2D eigenvalue weighted by Gasteiger charge is -2.07. The molecule has 3 rings (SSSR count). The van der Waals surface area contributed by atoms with E-state index < -0.39 is 15.5 Å². The van der Waals surface area contributed by atoms with Crippen LogP contribution in [0.5, 0.6) is 0 Å². The molecular weight excluding hydrogens is 330 g/mol. The zero-order valence-corrected chi connectivity index (χ0v) is 11.9. The van der Waals surface area contributed by atoms with Gasteiger partial charge in [0.25, 0.3) is 5.69 Å². The van der Waals surface area contributed by atoms with Crippen LogP contribution in [0.4, 0.5) is 22.7 Å². The quantitative estimate of drug-likeness (QED) is 0.565. The predicted molar refractivity (Wildman–Crippen MR) is 79.8 cm³/mol. The zero-order chi connectivity index (χ0) is 16.6. The van der Waals surface area contributed by atoms with Crippen molar-refractivity contribution in [2.45, 2.75) is 0 Å². The standard InChI is InChI=1S/C12H6ClN5O5/c13-8-5-9(12(18(21)22)11-10(8)15-23-16-11)14-6-2-1-3-7(4-6)17(19)20/h1-5,14H. The van der Waals surface area contributed by atoms with E-state index in [0.29, 0.717) is 0 Å². The first-order valence-electron chi connectivity index (χ1n) is 6.08. The summed E-state index contributed by atoms with van der Waals surface area (Å²) in [6.07, 6.45) is 0. The average Bonchev–Trinajstić information content (AvgIpc) is 2.97. The number of hydrogen-bond acceptors (Lipinski definition) is 8. The minimum absolute atomic E-state index is 0.0173. The molecule has 0 aliphatic rings. The Kier molecular flexibility index (Phi) is 3.50. The Balaban J connectivity index is 2.13. The Labute approximate surface area is 131 Å². The molecule has 0 atom stereocenters. The summed E-state index contributed by atoms with van der Waals surface area (Å²) < 4.78 is 4.49. The second-order valence-electron chi connectivity index (χ2n) is 4.41. The van der Waals surface area contributed by atoms with Crippen molar-refractivity contribution in [2.24, 2.45) is 0 Å². The van der Waals surface area contributed by atoms with Crippen molar-refractivity contribution in [1.82, 2.24) is 10.3 Å². The van der Waals surface area contributed by atoms with Crippen LogP contribution in [0, 0.1) is 20.2 Å². The van der Waals surface area contributed by atoms with Gasteiger partial charge in [0.2, 0.25) is 5.52 Å². The molecule has 23 heavy (non-hydrogen) atoms. The highest BCUT2D eigenvalue weighted by Crippen LogP contribution is 2.38. The highest BCUT2D eigenvalue weighted by atomic mass is 35.5. The minimum Gasteiger partial charge on any atom is -0.350 e. The molecule has 0 saturated carbocycles. The first kappa shape index (κ1) is 14.7. The van der Waals surface area contributed by atoms with Crippen LogP contribution < -0.4 is 5.32 Å². The molecule has 0 unspecified atom stereocenters. The molecule has 0 bridgehead atoms. The predicted octanol–water partition coefficient (Wildman–Crippen LogP) is 3.44. The molecule has 1 heterocycles. The first-order valence-corrected chi connectivity index (χ1v) is 6.46. The van der Waals surface area contributed by atoms with Crippen LogP contribution in [0.25, 0.3) is 11.0 Å². The molecule has 10 nitrogen and oxygen atoms in total. The number of anilines is 2. The van der Waals surface area contributed by atoms with Crippen LogP contribution >= 0.6 is 11.6 Å². The van der Waals surface area contributed by atoms with E-state index in [0.717, 1.165) is 0 Å². The maximum atomic E-state index is 11.3. The number of aromatic nitrogens is 2. The summed E-state index contributed by atoms with van der Waals surface area (Å²) in [5, 5.41) is 31.9. The van der Waals surface area contributed by atoms with Gasteiger partial charge in [0.1, 0.15) is 5.69 Å². The van der Waals surface area contributed by atoms with Gasteiger partial charge in [-0.25, -0.2) is 4.63 Å². The van der Waals surface area contributed by atoms with E-state index >= 15 is 0 Å². The van der Waals surface area contributed by atoms with E-state index in [2.05, 4.69) is 20.3 Å². The number of nitro benzene ring substituents is 2. The number of hydrogen-bond donors (Lipinski definition) is 1. The maximum absolute atomic E-state index is 11.3. The van der Waals surface area contributed by atoms with Crippen LogP contribution in [0.1, 0.15) is 0 Å². The molecule has 0 radical (unpaired) electrons. The minimum atomic E-state index is -0.664. The van der Waals surface area contributed by atoms with Crippen molar-refractivity contribution >= 4 is 45.4 Å². The second-order valence-corrected chi connectivity index (χ2v) is 4.81. The SMILES string of the molecule is O=[N+]([O-])c1cccc(Nc2cc(Cl)c3nonc3c2[N+](=O)[O-])c1. The van der Waals surface area contributed by atoms with Gasteiger partial charge >= 0.3 is 5.69 Å². The van der Waals surface area contributed by atoms with Crippen LogP contribution in [0.3, 0.4) is 0 Å². The van der Waals surface area contributed by atoms with Gasteiger partial charge in [-0.05, 0) is 22.4 Å². The molecule has 3 aromatic rings. The summed E-state index contributed by atoms with van der Waals surface area (Å²) in [5.74, 6) is 0. The van der Waals surface area contributed by atoms with Gasteiger partial charge in [-0.1, -0.05) is 17.7 Å². The number of nitro groups is 2. The van der Waals surface area contributed by atoms with Gasteiger partial charge in [0.05, 0.1) is 14.9 Å². The Morgan fingerprint density at radius 3 is 2.52 bits per heavy atom. The van der Waals surface area contributed by atoms with Crippen molar-refractivity contribution in [1.29, 1.82) is 0 Å². The largest absolute Gasteiger partial charge is 0.350 e. The Bertz CT molecular complexity index is 941. The smallest absolute Gasteiger partial charge is 0.324 e. The van der Waals surface area contributed by atoms with E-state index in [1.807, 2.05) is 0 Å². The number of non-ortho nitro benzene ring substituents is 1. The molecule has 1 aromatic heterocycles. The zero-order valence-electron chi connectivity index (χ0n) is 11.1. The number of halogens is 1. The van der Waals surface area contributed by atoms with Crippen molar-refractivity contribution in [2.75, 3.05) is 5.32 Å². The van der Waals surface area contributed by atoms with Gasteiger partial charge in [0, 0.05) is 17.8 Å². The summed E-state index contributed by atoms with van der Waals surface area (Å²) in [5.41, 5.74) is -0.304. The monoisotopic (exact) mass is 335 g/mol. The molecule has 0 aliphatic carbocycles. The molecule has 0 fully saturated rings. The molecular formula is C12H6ClN5O5. The molecule has 116 valence electrons. The van der Waals surface area contributed by atoms with Crippen molar-refractivity contribution in [3.05, 3.63) is 55.6 Å². The molecule has 11 heteroatoms. The van der Waals surface area contributed by atoms with E-state index in [9.17, 15) is 20.2 Å². The van der Waals surface area contributed by atoms with Crippen molar-refractivity contribution < 1.29 is 14.5 Å². The van der Waals surface area contributed by atoms with Crippen LogP contribution in [-0.4, -0.2) is 20.2 Å². The highest BCUT2D eigenvalue weighted by molar-refractivity contribution is 6.35. The molecule has 0 saturated heterocycles. The average molecular weight is 336 g/mol. The lowest BCUT2D eigenvalue weighted by atomic mass is 10.2. The third kappa shape index (κ3) is 2.62. The van der Waals surface area contributed by atoms with Crippen LogP contribution in [-0.2, 0) is 0 Å². The Morgan fingerprint density at radius 2 is 1.83 bits per heavy atom. The molecule has 0 amide bonds. The summed E-state index contributed by atoms with van der Waals surface area (Å²) in [7, 11) is 0. The Morgan fingerprint density at radius 1 is 1.09 bits per heavy atom. The topological polar surface area (TPSA) is 137 Å². The third-order valence-electron chi connectivity index (χ3n) is 2.98. The number of nitrogens with zero attached hydrogens (tertiary/aromatic N) is 4. The fourth-order valence-corrected chi connectivity index (χ4v) is 2.26. The number of benzene rings is 2. The van der Waals surface area contributed by atoms with Gasteiger partial charge in [-0.2, -0.15) is 0 Å². The molecule has 1 N–H and O–H groups in total. The molecule has 0 spiro atoms. The summed E-state index contributed by atoms with van der Waals surface area (Å²) in [6, 6.07) is 6.80. The third-order valence-corrected chi connectivity index (χ3v) is 3.27. The normalized spacial score (nSPS) is 10.7. The van der Waals surface area contributed by atoms with Crippen molar-refractivity contribution in [3.63, 3.8) is 0 Å². The second kappa shape index (κ2) is 5.50. The van der Waals surface area contributed by atoms with Gasteiger partial charge in [-0.15, -0.1) is 0 Å². The van der Waals surface area contributed by atoms with Gasteiger partial charge < -0.3 is 5.32 Å². The highest BCUT2D eigenvalue weighted by Gasteiger charge is 2.25. The number of fused-ring (bicyclic) bond motifs is 1. The Hall–Kier alpha value is -3.27. The first-order chi connectivity index (χ1) is 11.0. The van der Waals surface area contributed by atoms with E-state index in [1.165, 1.54) is 30.3 Å². The fraction of sp³-hybridized carbons (Fsp3) is 0. The summed E-state index contributed by atoms with van der Waals surface area (Å²) in [4.78, 5) is 20.9. The van der Waals surface area contributed by atoms with Crippen LogP contribution in [0.15, 0.2) is 35.0 Å². The van der Waals surface area contributed by atoms with Gasteiger partial charge in [0.15, 0.2) is 5.52 Å². The van der Waals surface area contributed by atoms with E-state index in [1.54, 1.807) is 0 Å². The van der Waals surface area contributed by atoms with Crippen LogP contribution in [0.2, 0.25) is 5.02 Å². The lowest BCUT2D eigenvalue weighted by Crippen LogP contribution is -1.99. The lowest BCUT2D eigenvalue weighted by molar-refractivity contribution is -0.384. The van der Waals surface area contributed by atoms with Crippen molar-refractivity contribution in [3.8, 4) is 0 Å². The van der Waals surface area contributed by atoms with E-state index in [-0.39, 0.29) is 33.1 Å². The maximum Gasteiger partial charge on any atom is 0.324 e. The van der Waals surface area contributed by atoms with Gasteiger partial charge in [-0.3, -0.25) is 20.2 Å². The number of nitrogens with one attached hydrogen (secondary N) is 1.